The van der Waals surface area contributed by atoms with Crippen molar-refractivity contribution in [2.75, 3.05) is 20.6 Å². The predicted octanol–water partition coefficient (Wildman–Crippen LogP) is 4.57. The molecule has 0 aliphatic heterocycles. The Morgan fingerprint density at radius 1 is 1.27 bits per heavy atom. The number of nitrogens with one attached hydrogen (secondary N) is 1. The minimum Gasteiger partial charge on any atom is -0.393 e. The molecule has 1 aromatic carbocycles. The summed E-state index contributed by atoms with van der Waals surface area (Å²) in [5.74, 6) is -0.00511. The topological polar surface area (TPSA) is 50.2 Å². The van der Waals surface area contributed by atoms with Crippen molar-refractivity contribution in [2.24, 2.45) is 7.05 Å². The molecule has 5 heteroatoms. The molecule has 0 aliphatic carbocycles. The molecule has 0 saturated heterocycles. The second-order valence-corrected chi connectivity index (χ2v) is 7.23. The summed E-state index contributed by atoms with van der Waals surface area (Å²) in [4.78, 5) is 14.4. The third kappa shape index (κ3) is 5.38. The van der Waals surface area contributed by atoms with E-state index in [1.165, 1.54) is 0 Å². The summed E-state index contributed by atoms with van der Waals surface area (Å²) < 4.78 is 1.79. The van der Waals surface area contributed by atoms with E-state index in [4.69, 9.17) is 0 Å². The number of carbonyl (C=O) groups excluding carboxylic acids is 1. The molecule has 0 unspecified atom stereocenters. The molecule has 0 radical (unpaired) electrons. The van der Waals surface area contributed by atoms with E-state index in [1.54, 1.807) is 9.58 Å². The van der Waals surface area contributed by atoms with Crippen LogP contribution in [0.3, 0.4) is 0 Å². The lowest BCUT2D eigenvalue weighted by molar-refractivity contribution is -0.125. The Morgan fingerprint density at radius 2 is 1.93 bits per heavy atom. The minimum absolute atomic E-state index is 0.00511. The summed E-state index contributed by atoms with van der Waals surface area (Å²) >= 11 is 0. The van der Waals surface area contributed by atoms with Crippen LogP contribution in [0.4, 0.5) is 0 Å². The summed E-state index contributed by atoms with van der Waals surface area (Å²) in [6.07, 6.45) is 9.56. The molecule has 0 atom stereocenters. The van der Waals surface area contributed by atoms with Crippen LogP contribution < -0.4 is 5.32 Å². The molecular weight excluding hydrogens is 372 g/mol. The fourth-order valence-corrected chi connectivity index (χ4v) is 3.09. The molecule has 0 aliphatic rings. The first-order chi connectivity index (χ1) is 14.3. The van der Waals surface area contributed by atoms with Gasteiger partial charge in [0.2, 0.25) is 0 Å². The predicted molar refractivity (Wildman–Crippen MR) is 126 cm³/mol. The van der Waals surface area contributed by atoms with Crippen molar-refractivity contribution in [1.29, 1.82) is 0 Å². The molecule has 1 aromatic heterocycles. The van der Waals surface area contributed by atoms with Crippen LogP contribution in [-0.4, -0.2) is 41.2 Å². The first kappa shape index (κ1) is 22.9. The Hall–Kier alpha value is -3.34. The summed E-state index contributed by atoms with van der Waals surface area (Å²) in [5, 5.41) is 7.38. The van der Waals surface area contributed by atoms with Crippen LogP contribution in [0.25, 0.3) is 16.7 Å². The van der Waals surface area contributed by atoms with E-state index in [0.29, 0.717) is 12.1 Å². The van der Waals surface area contributed by atoms with Gasteiger partial charge in [-0.3, -0.25) is 9.48 Å². The average Bonchev–Trinajstić information content (AvgIpc) is 3.18. The number of carbonyl (C=O) groups is 1. The number of amides is 1. The molecule has 2 rings (SSSR count). The third-order valence-electron chi connectivity index (χ3n) is 4.95. The maximum Gasteiger partial charge on any atom is 0.253 e. The Bertz CT molecular complexity index is 990. The molecule has 2 aromatic rings. The van der Waals surface area contributed by atoms with Crippen molar-refractivity contribution >= 4 is 11.5 Å². The van der Waals surface area contributed by atoms with Gasteiger partial charge in [-0.2, -0.15) is 5.10 Å². The maximum atomic E-state index is 12.7. The molecule has 1 N–H and O–H groups in total. The van der Waals surface area contributed by atoms with Crippen LogP contribution in [0.2, 0.25) is 0 Å². The zero-order chi connectivity index (χ0) is 22.3. The normalized spacial score (nSPS) is 12.7. The van der Waals surface area contributed by atoms with Gasteiger partial charge in [0.05, 0.1) is 6.20 Å². The lowest BCUT2D eigenvalue weighted by Gasteiger charge is -2.18. The first-order valence-corrected chi connectivity index (χ1v) is 10.1. The zero-order valence-electron chi connectivity index (χ0n) is 18.9. The molecule has 0 fully saturated rings. The smallest absolute Gasteiger partial charge is 0.253 e. The molecule has 0 spiro atoms. The number of benzene rings is 1. The van der Waals surface area contributed by atoms with Crippen molar-refractivity contribution in [3.8, 4) is 11.1 Å². The zero-order valence-corrected chi connectivity index (χ0v) is 18.9. The third-order valence-corrected chi connectivity index (χ3v) is 4.95. The fourth-order valence-electron chi connectivity index (χ4n) is 3.09. The fraction of sp³-hybridized carbons (Fsp3) is 0.280. The highest BCUT2D eigenvalue weighted by atomic mass is 16.2. The van der Waals surface area contributed by atoms with Gasteiger partial charge in [0.25, 0.3) is 5.91 Å². The van der Waals surface area contributed by atoms with E-state index >= 15 is 0 Å². The van der Waals surface area contributed by atoms with Gasteiger partial charge < -0.3 is 10.2 Å². The van der Waals surface area contributed by atoms with Gasteiger partial charge >= 0.3 is 0 Å². The Kier molecular flexibility index (Phi) is 7.98. The monoisotopic (exact) mass is 404 g/mol. The van der Waals surface area contributed by atoms with Gasteiger partial charge in [-0.15, -0.1) is 0 Å². The number of rotatable bonds is 8. The van der Waals surface area contributed by atoms with Crippen LogP contribution >= 0.6 is 0 Å². The quantitative estimate of drug-likeness (QED) is 0.518. The highest BCUT2D eigenvalue weighted by molar-refractivity contribution is 5.98. The summed E-state index contributed by atoms with van der Waals surface area (Å²) in [5.41, 5.74) is 6.65. The van der Waals surface area contributed by atoms with E-state index < -0.39 is 0 Å². The molecule has 0 saturated carbocycles. The van der Waals surface area contributed by atoms with E-state index in [9.17, 15) is 4.79 Å². The summed E-state index contributed by atoms with van der Waals surface area (Å²) in [6, 6.07) is 8.33. The Labute approximate surface area is 180 Å². The van der Waals surface area contributed by atoms with E-state index in [0.717, 1.165) is 33.4 Å². The highest BCUT2D eigenvalue weighted by Gasteiger charge is 2.15. The SMILES string of the molecule is C=C(C)C(=C\C(=CC)C(=O)N(C)CC)/C(=C\NC)c1ccc(-c2cnn(C)c2)cc1. The molecule has 158 valence electrons. The van der Waals surface area contributed by atoms with Crippen LogP contribution in [0, 0.1) is 0 Å². The van der Waals surface area contributed by atoms with Crippen LogP contribution in [0.5, 0.6) is 0 Å². The maximum absolute atomic E-state index is 12.7. The molecule has 1 amide bonds. The lowest BCUT2D eigenvalue weighted by Crippen LogP contribution is -2.27. The van der Waals surface area contributed by atoms with Crippen molar-refractivity contribution in [2.45, 2.75) is 20.8 Å². The van der Waals surface area contributed by atoms with Gasteiger partial charge in [0.15, 0.2) is 0 Å². The lowest BCUT2D eigenvalue weighted by atomic mass is 9.91. The van der Waals surface area contributed by atoms with Crippen LogP contribution in [0.1, 0.15) is 26.3 Å². The van der Waals surface area contributed by atoms with Crippen LogP contribution in [0.15, 0.2) is 78.3 Å². The van der Waals surface area contributed by atoms with Gasteiger partial charge in [-0.05, 0) is 43.5 Å². The molecular formula is C25H32N4O. The number of hydrogen-bond acceptors (Lipinski definition) is 3. The summed E-state index contributed by atoms with van der Waals surface area (Å²) in [7, 11) is 5.58. The van der Waals surface area contributed by atoms with E-state index in [1.807, 2.05) is 72.7 Å². The van der Waals surface area contributed by atoms with Gasteiger partial charge in [0.1, 0.15) is 0 Å². The molecule has 0 bridgehead atoms. The number of aryl methyl sites for hydroxylation is 1. The van der Waals surface area contributed by atoms with Gasteiger partial charge in [0, 0.05) is 56.8 Å². The Balaban J connectivity index is 2.48. The van der Waals surface area contributed by atoms with Crippen molar-refractivity contribution in [3.63, 3.8) is 0 Å². The second kappa shape index (κ2) is 10.4. The summed E-state index contributed by atoms with van der Waals surface area (Å²) in [6.45, 7) is 10.6. The number of allylic oxidation sites excluding steroid dienone is 4. The number of likely N-dealkylation sites (N-methyl/N-ethyl adjacent to an activating group) is 1. The van der Waals surface area contributed by atoms with Gasteiger partial charge in [-0.25, -0.2) is 0 Å². The van der Waals surface area contributed by atoms with Crippen LogP contribution in [-0.2, 0) is 11.8 Å². The average molecular weight is 405 g/mol. The molecule has 30 heavy (non-hydrogen) atoms. The van der Waals surface area contributed by atoms with Crippen molar-refractivity contribution < 1.29 is 4.79 Å². The number of hydrogen-bond donors (Lipinski definition) is 1. The van der Waals surface area contributed by atoms with E-state index in [-0.39, 0.29) is 5.91 Å². The molecule has 5 nitrogen and oxygen atoms in total. The van der Waals surface area contributed by atoms with Crippen molar-refractivity contribution in [3.05, 3.63) is 83.9 Å². The standard InChI is InChI=1S/C25H32N4O/c1-8-19(25(30)28(6)9-2)14-23(18(3)4)24(16-26-5)21-12-10-20(11-13-21)22-15-27-29(7)17-22/h8,10-17,26H,3,9H2,1-2,4-7H3/b19-8?,23-14+,24-16-. The minimum atomic E-state index is -0.00511. The first-order valence-electron chi connectivity index (χ1n) is 10.1. The van der Waals surface area contributed by atoms with Crippen molar-refractivity contribution in [1.82, 2.24) is 20.0 Å². The van der Waals surface area contributed by atoms with Gasteiger partial charge in [-0.1, -0.05) is 42.5 Å². The highest BCUT2D eigenvalue weighted by Crippen LogP contribution is 2.30. The van der Waals surface area contributed by atoms with E-state index in [2.05, 4.69) is 41.3 Å². The number of aromatic nitrogens is 2. The second-order valence-electron chi connectivity index (χ2n) is 7.23. The Morgan fingerprint density at radius 3 is 2.40 bits per heavy atom. The number of nitrogens with zero attached hydrogens (tertiary/aromatic N) is 3. The largest absolute Gasteiger partial charge is 0.393 e. The molecule has 1 heterocycles.